The van der Waals surface area contributed by atoms with Gasteiger partial charge in [-0.15, -0.1) is 0 Å². The summed E-state index contributed by atoms with van der Waals surface area (Å²) in [6, 6.07) is 6.91. The molecule has 100 valence electrons. The van der Waals surface area contributed by atoms with Crippen molar-refractivity contribution in [2.24, 2.45) is 5.92 Å². The molecule has 2 N–H and O–H groups in total. The molecule has 2 aromatic carbocycles. The molecule has 0 bridgehead atoms. The number of hydrogen-bond acceptors (Lipinski definition) is 3. The van der Waals surface area contributed by atoms with Gasteiger partial charge in [0.1, 0.15) is 0 Å². The maximum Gasteiger partial charge on any atom is 0.169 e. The minimum Gasteiger partial charge on any atom is -0.504 e. The highest BCUT2D eigenvalue weighted by Crippen LogP contribution is 2.38. The van der Waals surface area contributed by atoms with Crippen LogP contribution in [-0.4, -0.2) is 16.0 Å². The van der Waals surface area contributed by atoms with E-state index >= 15 is 0 Å². The monoisotopic (exact) mass is 322 g/mol. The molecular weight excluding hydrogens is 308 g/mol. The number of aromatic hydroxyl groups is 2. The molecule has 0 radical (unpaired) electrons. The van der Waals surface area contributed by atoms with Crippen molar-refractivity contribution in [3.8, 4) is 11.5 Å². The van der Waals surface area contributed by atoms with E-state index in [1.165, 1.54) is 0 Å². The number of fused-ring (bicyclic) bond motifs is 1. The van der Waals surface area contributed by atoms with Crippen LogP contribution in [0.1, 0.15) is 30.6 Å². The Morgan fingerprint density at radius 1 is 1.21 bits per heavy atom. The van der Waals surface area contributed by atoms with Crippen LogP contribution in [0, 0.1) is 5.92 Å². The number of halogens is 1. The second-order valence-corrected chi connectivity index (χ2v) is 5.92. The molecule has 0 amide bonds. The molecule has 2 aromatic rings. The van der Waals surface area contributed by atoms with Gasteiger partial charge in [0.15, 0.2) is 17.3 Å². The lowest BCUT2D eigenvalue weighted by molar-refractivity contribution is 0.0965. The Kier molecular flexibility index (Phi) is 3.80. The van der Waals surface area contributed by atoms with Crippen LogP contribution in [0.2, 0.25) is 0 Å². The van der Waals surface area contributed by atoms with Crippen molar-refractivity contribution in [3.05, 3.63) is 34.3 Å². The second kappa shape index (κ2) is 5.21. The molecule has 0 heterocycles. The maximum atomic E-state index is 12.1. The average Bonchev–Trinajstić information content (AvgIpc) is 2.32. The van der Waals surface area contributed by atoms with Gasteiger partial charge in [-0.1, -0.05) is 29.8 Å². The van der Waals surface area contributed by atoms with Crippen LogP contribution in [0.5, 0.6) is 11.5 Å². The third-order valence-electron chi connectivity index (χ3n) is 2.94. The van der Waals surface area contributed by atoms with E-state index in [2.05, 4.69) is 15.9 Å². The summed E-state index contributed by atoms with van der Waals surface area (Å²) in [6.07, 6.45) is 0.340. The van der Waals surface area contributed by atoms with Crippen molar-refractivity contribution in [2.45, 2.75) is 20.3 Å². The van der Waals surface area contributed by atoms with E-state index in [0.717, 1.165) is 9.86 Å². The standard InChI is InChI=1S/C15H15BrO3/c1-8(2)5-13(17)12-7-9-6-10(16)3-4-11(9)14(18)15(12)19/h3-4,6-8,18-19H,5H2,1-2H3. The van der Waals surface area contributed by atoms with Crippen LogP contribution in [0.3, 0.4) is 0 Å². The summed E-state index contributed by atoms with van der Waals surface area (Å²) >= 11 is 3.35. The molecule has 0 unspecified atom stereocenters. The van der Waals surface area contributed by atoms with Crippen LogP contribution in [0.4, 0.5) is 0 Å². The molecule has 2 rings (SSSR count). The fourth-order valence-corrected chi connectivity index (χ4v) is 2.42. The number of ketones is 1. The quantitative estimate of drug-likeness (QED) is 0.656. The Balaban J connectivity index is 2.62. The van der Waals surface area contributed by atoms with Crippen molar-refractivity contribution in [3.63, 3.8) is 0 Å². The summed E-state index contributed by atoms with van der Waals surface area (Å²) < 4.78 is 0.854. The van der Waals surface area contributed by atoms with Crippen LogP contribution in [0.15, 0.2) is 28.7 Å². The number of carbonyl (C=O) groups is 1. The lowest BCUT2D eigenvalue weighted by atomic mass is 9.97. The first-order valence-electron chi connectivity index (χ1n) is 6.07. The molecule has 0 atom stereocenters. The van der Waals surface area contributed by atoms with E-state index in [4.69, 9.17) is 0 Å². The number of rotatable bonds is 3. The summed E-state index contributed by atoms with van der Waals surface area (Å²) in [4.78, 5) is 12.1. The maximum absolute atomic E-state index is 12.1. The summed E-state index contributed by atoms with van der Waals surface area (Å²) in [5.41, 5.74) is 0.178. The molecule has 19 heavy (non-hydrogen) atoms. The van der Waals surface area contributed by atoms with Gasteiger partial charge < -0.3 is 10.2 Å². The number of Topliss-reactive ketones (excluding diaryl/α,β-unsaturated/α-hetero) is 1. The van der Waals surface area contributed by atoms with Crippen molar-refractivity contribution < 1.29 is 15.0 Å². The number of phenols is 2. The highest BCUT2D eigenvalue weighted by Gasteiger charge is 2.18. The first-order valence-corrected chi connectivity index (χ1v) is 6.87. The Bertz CT molecular complexity index is 647. The predicted molar refractivity (Wildman–Crippen MR) is 78.8 cm³/mol. The number of phenolic OH excluding ortho intramolecular Hbond substituents is 2. The minimum absolute atomic E-state index is 0.162. The van der Waals surface area contributed by atoms with Gasteiger partial charge in [-0.3, -0.25) is 4.79 Å². The first-order chi connectivity index (χ1) is 8.90. The van der Waals surface area contributed by atoms with Crippen molar-refractivity contribution in [2.75, 3.05) is 0 Å². The first kappa shape index (κ1) is 13.9. The Hall–Kier alpha value is -1.55. The normalized spacial score (nSPS) is 11.2. The fraction of sp³-hybridized carbons (Fsp3) is 0.267. The molecule has 0 spiro atoms. The second-order valence-electron chi connectivity index (χ2n) is 5.01. The van der Waals surface area contributed by atoms with Crippen LogP contribution in [0.25, 0.3) is 10.8 Å². The third-order valence-corrected chi connectivity index (χ3v) is 3.44. The third kappa shape index (κ3) is 2.73. The molecule has 0 aromatic heterocycles. The predicted octanol–water partition coefficient (Wildman–Crippen LogP) is 4.24. The topological polar surface area (TPSA) is 57.5 Å². The minimum atomic E-state index is -0.333. The van der Waals surface area contributed by atoms with Gasteiger partial charge in [-0.05, 0) is 35.6 Å². The van der Waals surface area contributed by atoms with Crippen LogP contribution < -0.4 is 0 Å². The summed E-state index contributed by atoms with van der Waals surface area (Å²) in [6.45, 7) is 3.87. The summed E-state index contributed by atoms with van der Waals surface area (Å²) in [7, 11) is 0. The van der Waals surface area contributed by atoms with Gasteiger partial charge >= 0.3 is 0 Å². The van der Waals surface area contributed by atoms with Gasteiger partial charge in [-0.25, -0.2) is 0 Å². The van der Waals surface area contributed by atoms with Crippen molar-refractivity contribution in [1.29, 1.82) is 0 Å². The molecule has 4 heteroatoms. The highest BCUT2D eigenvalue weighted by atomic mass is 79.9. The lowest BCUT2D eigenvalue weighted by Gasteiger charge is -2.10. The van der Waals surface area contributed by atoms with E-state index in [1.54, 1.807) is 24.3 Å². The molecule has 0 aliphatic carbocycles. The van der Waals surface area contributed by atoms with E-state index in [1.807, 2.05) is 13.8 Å². The van der Waals surface area contributed by atoms with E-state index in [9.17, 15) is 15.0 Å². The van der Waals surface area contributed by atoms with Gasteiger partial charge in [0, 0.05) is 16.3 Å². The Labute approximate surface area is 120 Å². The van der Waals surface area contributed by atoms with Crippen LogP contribution >= 0.6 is 15.9 Å². The Morgan fingerprint density at radius 2 is 1.89 bits per heavy atom. The molecule has 0 saturated heterocycles. The zero-order valence-corrected chi connectivity index (χ0v) is 12.4. The van der Waals surface area contributed by atoms with Gasteiger partial charge in [0.2, 0.25) is 0 Å². The largest absolute Gasteiger partial charge is 0.504 e. The number of hydrogen-bond donors (Lipinski definition) is 2. The smallest absolute Gasteiger partial charge is 0.169 e. The Morgan fingerprint density at radius 3 is 2.53 bits per heavy atom. The van der Waals surface area contributed by atoms with Gasteiger partial charge in [0.05, 0.1) is 5.56 Å². The fourth-order valence-electron chi connectivity index (χ4n) is 2.04. The molecule has 0 aliphatic rings. The van der Waals surface area contributed by atoms with Crippen LogP contribution in [-0.2, 0) is 0 Å². The summed E-state index contributed by atoms with van der Waals surface area (Å²) in [5.74, 6) is -0.533. The lowest BCUT2D eigenvalue weighted by Crippen LogP contribution is -2.04. The molecule has 3 nitrogen and oxygen atoms in total. The van der Waals surface area contributed by atoms with Crippen molar-refractivity contribution >= 4 is 32.5 Å². The van der Waals surface area contributed by atoms with Gasteiger partial charge in [-0.2, -0.15) is 0 Å². The molecule has 0 fully saturated rings. The molecule has 0 aliphatic heterocycles. The van der Waals surface area contributed by atoms with E-state index in [0.29, 0.717) is 11.8 Å². The van der Waals surface area contributed by atoms with E-state index < -0.39 is 0 Å². The highest BCUT2D eigenvalue weighted by molar-refractivity contribution is 9.10. The van der Waals surface area contributed by atoms with E-state index in [-0.39, 0.29) is 28.8 Å². The van der Waals surface area contributed by atoms with Crippen molar-refractivity contribution in [1.82, 2.24) is 0 Å². The average molecular weight is 323 g/mol. The van der Waals surface area contributed by atoms with Gasteiger partial charge in [0.25, 0.3) is 0 Å². The number of carbonyl (C=O) groups excluding carboxylic acids is 1. The molecular formula is C15H15BrO3. The summed E-state index contributed by atoms with van der Waals surface area (Å²) in [5, 5.41) is 21.2. The zero-order valence-electron chi connectivity index (χ0n) is 10.8. The molecule has 0 saturated carbocycles. The zero-order chi connectivity index (χ0) is 14.2. The SMILES string of the molecule is CC(C)CC(=O)c1cc2cc(Br)ccc2c(O)c1O. The number of benzene rings is 2.